The van der Waals surface area contributed by atoms with Crippen LogP contribution < -0.4 is 5.32 Å². The molecule has 1 aromatic heterocycles. The fraction of sp³-hybridized carbons (Fsp3) is 0.636. The van der Waals surface area contributed by atoms with E-state index in [1.807, 2.05) is 0 Å². The fourth-order valence-corrected chi connectivity index (χ4v) is 1.88. The molecule has 2 rings (SSSR count). The monoisotopic (exact) mass is 223 g/mol. The molecule has 0 aromatic carbocycles. The average molecular weight is 223 g/mol. The maximum atomic E-state index is 11.6. The molecular formula is C11H17N3O2. The van der Waals surface area contributed by atoms with E-state index in [1.165, 1.54) is 19.1 Å². The van der Waals surface area contributed by atoms with Crippen molar-refractivity contribution in [3.8, 4) is 0 Å². The maximum absolute atomic E-state index is 11.6. The zero-order valence-electron chi connectivity index (χ0n) is 9.48. The van der Waals surface area contributed by atoms with Gasteiger partial charge in [-0.25, -0.2) is 0 Å². The molecule has 88 valence electrons. The number of anilines is 1. The summed E-state index contributed by atoms with van der Waals surface area (Å²) in [4.78, 5) is 13.8. The highest BCUT2D eigenvalue weighted by atomic mass is 16.5. The number of likely N-dealkylation sites (tertiary alicyclic amines) is 1. The molecule has 0 bridgehead atoms. The first-order valence-electron chi connectivity index (χ1n) is 5.66. The van der Waals surface area contributed by atoms with Crippen LogP contribution >= 0.6 is 0 Å². The van der Waals surface area contributed by atoms with Gasteiger partial charge < -0.3 is 9.84 Å². The molecule has 1 aliphatic rings. The second-order valence-electron chi connectivity index (χ2n) is 4.39. The van der Waals surface area contributed by atoms with E-state index in [0.717, 1.165) is 19.0 Å². The number of aromatic nitrogens is 1. The minimum atomic E-state index is -0.0246. The van der Waals surface area contributed by atoms with Crippen molar-refractivity contribution in [1.29, 1.82) is 0 Å². The number of rotatable bonds is 3. The Morgan fingerprint density at radius 2 is 2.38 bits per heavy atom. The van der Waals surface area contributed by atoms with Gasteiger partial charge in [0, 0.05) is 6.07 Å². The third-order valence-electron chi connectivity index (χ3n) is 2.95. The van der Waals surface area contributed by atoms with Gasteiger partial charge in [-0.1, -0.05) is 12.1 Å². The van der Waals surface area contributed by atoms with E-state index in [4.69, 9.17) is 0 Å². The van der Waals surface area contributed by atoms with Crippen molar-refractivity contribution in [2.45, 2.75) is 19.8 Å². The van der Waals surface area contributed by atoms with Gasteiger partial charge in [0.1, 0.15) is 6.26 Å². The van der Waals surface area contributed by atoms with Crippen molar-refractivity contribution >= 4 is 11.7 Å². The summed E-state index contributed by atoms with van der Waals surface area (Å²) in [5, 5.41) is 6.33. The van der Waals surface area contributed by atoms with E-state index in [9.17, 15) is 4.79 Å². The van der Waals surface area contributed by atoms with E-state index >= 15 is 0 Å². The summed E-state index contributed by atoms with van der Waals surface area (Å²) in [6, 6.07) is 1.64. The number of carbonyl (C=O) groups is 1. The topological polar surface area (TPSA) is 58.4 Å². The van der Waals surface area contributed by atoms with E-state index in [-0.39, 0.29) is 5.91 Å². The Hall–Kier alpha value is -1.36. The van der Waals surface area contributed by atoms with Crippen LogP contribution in [0.4, 0.5) is 5.82 Å². The van der Waals surface area contributed by atoms with Crippen LogP contribution in [0.1, 0.15) is 19.8 Å². The maximum Gasteiger partial charge on any atom is 0.239 e. The Bertz CT molecular complexity index is 329. The van der Waals surface area contributed by atoms with Crippen LogP contribution in [0, 0.1) is 5.92 Å². The molecule has 0 radical (unpaired) electrons. The van der Waals surface area contributed by atoms with Crippen LogP contribution in [0.25, 0.3) is 0 Å². The third-order valence-corrected chi connectivity index (χ3v) is 2.95. The molecule has 0 aliphatic carbocycles. The number of hydrogen-bond donors (Lipinski definition) is 1. The lowest BCUT2D eigenvalue weighted by atomic mass is 9.99. The second kappa shape index (κ2) is 5.12. The Kier molecular flexibility index (Phi) is 3.56. The van der Waals surface area contributed by atoms with Crippen LogP contribution in [0.3, 0.4) is 0 Å². The van der Waals surface area contributed by atoms with Crippen molar-refractivity contribution in [3.63, 3.8) is 0 Å². The fourth-order valence-electron chi connectivity index (χ4n) is 1.88. The average Bonchev–Trinajstić information content (AvgIpc) is 2.74. The standard InChI is InChI=1S/C11H17N3O2/c1-9-2-5-14(6-3-9)8-11(15)12-10-4-7-16-13-10/h4,7,9H,2-3,5-6,8H2,1H3,(H,12,13,15). The Labute approximate surface area is 94.8 Å². The van der Waals surface area contributed by atoms with Gasteiger partial charge >= 0.3 is 0 Å². The number of carbonyl (C=O) groups excluding carboxylic acids is 1. The lowest BCUT2D eigenvalue weighted by molar-refractivity contribution is -0.117. The van der Waals surface area contributed by atoms with Gasteiger partial charge in [0.2, 0.25) is 5.91 Å². The highest BCUT2D eigenvalue weighted by molar-refractivity contribution is 5.91. The largest absolute Gasteiger partial charge is 0.363 e. The van der Waals surface area contributed by atoms with Crippen LogP contribution in [-0.4, -0.2) is 35.6 Å². The van der Waals surface area contributed by atoms with Crippen molar-refractivity contribution in [1.82, 2.24) is 10.1 Å². The number of nitrogens with one attached hydrogen (secondary N) is 1. The van der Waals surface area contributed by atoms with Crippen LogP contribution in [0.15, 0.2) is 16.9 Å². The summed E-state index contributed by atoms with van der Waals surface area (Å²) in [5.74, 6) is 1.24. The van der Waals surface area contributed by atoms with Crippen LogP contribution in [0.2, 0.25) is 0 Å². The number of piperidine rings is 1. The molecule has 1 fully saturated rings. The van der Waals surface area contributed by atoms with E-state index < -0.39 is 0 Å². The molecule has 1 aliphatic heterocycles. The third kappa shape index (κ3) is 3.06. The highest BCUT2D eigenvalue weighted by Gasteiger charge is 2.18. The molecule has 2 heterocycles. The van der Waals surface area contributed by atoms with Crippen LogP contribution in [0.5, 0.6) is 0 Å². The minimum absolute atomic E-state index is 0.0246. The number of nitrogens with zero attached hydrogens (tertiary/aromatic N) is 2. The Morgan fingerprint density at radius 3 is 3.00 bits per heavy atom. The second-order valence-corrected chi connectivity index (χ2v) is 4.39. The summed E-state index contributed by atoms with van der Waals surface area (Å²) >= 11 is 0. The van der Waals surface area contributed by atoms with Gasteiger partial charge in [0.25, 0.3) is 0 Å². The highest BCUT2D eigenvalue weighted by Crippen LogP contribution is 2.15. The Morgan fingerprint density at radius 1 is 1.62 bits per heavy atom. The molecule has 1 aromatic rings. The van der Waals surface area contributed by atoms with Crippen LogP contribution in [-0.2, 0) is 4.79 Å². The van der Waals surface area contributed by atoms with Gasteiger partial charge in [-0.3, -0.25) is 9.69 Å². The lowest BCUT2D eigenvalue weighted by Crippen LogP contribution is -2.38. The first-order valence-corrected chi connectivity index (χ1v) is 5.66. The van der Waals surface area contributed by atoms with Crippen molar-refractivity contribution < 1.29 is 9.32 Å². The molecule has 16 heavy (non-hydrogen) atoms. The van der Waals surface area contributed by atoms with Gasteiger partial charge in [-0.05, 0) is 31.8 Å². The molecule has 1 N–H and O–H groups in total. The molecule has 0 atom stereocenters. The van der Waals surface area contributed by atoms with Crippen molar-refractivity contribution in [3.05, 3.63) is 12.3 Å². The molecule has 0 saturated carbocycles. The normalized spacial score (nSPS) is 18.6. The van der Waals surface area contributed by atoms with Gasteiger partial charge in [0.05, 0.1) is 6.54 Å². The SMILES string of the molecule is CC1CCN(CC(=O)Nc2ccon2)CC1. The lowest BCUT2D eigenvalue weighted by Gasteiger charge is -2.29. The summed E-state index contributed by atoms with van der Waals surface area (Å²) in [6.45, 7) is 4.72. The molecule has 0 spiro atoms. The first kappa shape index (κ1) is 11.1. The number of amides is 1. The molecule has 0 unspecified atom stereocenters. The zero-order valence-corrected chi connectivity index (χ0v) is 9.48. The molecule has 5 nitrogen and oxygen atoms in total. The quantitative estimate of drug-likeness (QED) is 0.840. The zero-order chi connectivity index (χ0) is 11.4. The predicted octanol–water partition coefficient (Wildman–Crippen LogP) is 1.34. The van der Waals surface area contributed by atoms with E-state index in [1.54, 1.807) is 6.07 Å². The van der Waals surface area contributed by atoms with E-state index in [0.29, 0.717) is 12.4 Å². The van der Waals surface area contributed by atoms with Gasteiger partial charge in [0.15, 0.2) is 5.82 Å². The molecule has 1 saturated heterocycles. The summed E-state index contributed by atoms with van der Waals surface area (Å²) in [7, 11) is 0. The molecular weight excluding hydrogens is 206 g/mol. The molecule has 5 heteroatoms. The van der Waals surface area contributed by atoms with Gasteiger partial charge in [-0.15, -0.1) is 0 Å². The first-order chi connectivity index (χ1) is 7.74. The van der Waals surface area contributed by atoms with Crippen molar-refractivity contribution in [2.24, 2.45) is 5.92 Å². The predicted molar refractivity (Wildman–Crippen MR) is 60.0 cm³/mol. The Balaban J connectivity index is 1.75. The molecule has 1 amide bonds. The van der Waals surface area contributed by atoms with Gasteiger partial charge in [-0.2, -0.15) is 0 Å². The summed E-state index contributed by atoms with van der Waals surface area (Å²) in [5.41, 5.74) is 0. The minimum Gasteiger partial charge on any atom is -0.363 e. The smallest absolute Gasteiger partial charge is 0.239 e. The summed E-state index contributed by atoms with van der Waals surface area (Å²) in [6.07, 6.45) is 3.80. The summed E-state index contributed by atoms with van der Waals surface area (Å²) < 4.78 is 4.64. The van der Waals surface area contributed by atoms with E-state index in [2.05, 4.69) is 26.8 Å². The number of hydrogen-bond acceptors (Lipinski definition) is 4. The van der Waals surface area contributed by atoms with Crippen molar-refractivity contribution in [2.75, 3.05) is 25.0 Å².